The number of carbonyl (C=O) groups excluding carboxylic acids is 2. The Balaban J connectivity index is 0.000000921. The van der Waals surface area contributed by atoms with Gasteiger partial charge in [-0.25, -0.2) is 0 Å². The molecule has 1 aliphatic heterocycles. The summed E-state index contributed by atoms with van der Waals surface area (Å²) in [5.41, 5.74) is 0. The van der Waals surface area contributed by atoms with Gasteiger partial charge in [0.1, 0.15) is 0 Å². The van der Waals surface area contributed by atoms with E-state index >= 15 is 0 Å². The number of rotatable bonds is 1. The summed E-state index contributed by atoms with van der Waals surface area (Å²) in [6, 6.07) is 0. The molecule has 0 aromatic carbocycles. The van der Waals surface area contributed by atoms with Crippen molar-refractivity contribution in [1.82, 2.24) is 10.2 Å². The van der Waals surface area contributed by atoms with Gasteiger partial charge in [0.2, 0.25) is 11.8 Å². The van der Waals surface area contributed by atoms with Crippen LogP contribution in [0.1, 0.15) is 33.6 Å². The van der Waals surface area contributed by atoms with Gasteiger partial charge in [0.15, 0.2) is 0 Å². The fourth-order valence-corrected chi connectivity index (χ4v) is 1.68. The molecular formula is C11H22N2O2. The molecule has 2 amide bonds. The van der Waals surface area contributed by atoms with Crippen molar-refractivity contribution in [3.8, 4) is 0 Å². The second kappa shape index (κ2) is 7.26. The van der Waals surface area contributed by atoms with E-state index < -0.39 is 0 Å². The highest BCUT2D eigenvalue weighted by atomic mass is 16.2. The average Bonchev–Trinajstić information content (AvgIpc) is 2.30. The van der Waals surface area contributed by atoms with E-state index in [0.717, 1.165) is 19.4 Å². The van der Waals surface area contributed by atoms with E-state index in [1.54, 1.807) is 18.9 Å². The first-order valence-corrected chi connectivity index (χ1v) is 5.62. The minimum Gasteiger partial charge on any atom is -0.359 e. The fourth-order valence-electron chi connectivity index (χ4n) is 1.68. The molecule has 15 heavy (non-hydrogen) atoms. The molecule has 0 spiro atoms. The summed E-state index contributed by atoms with van der Waals surface area (Å²) in [6.07, 6.45) is 1.82. The summed E-state index contributed by atoms with van der Waals surface area (Å²) in [4.78, 5) is 24.1. The van der Waals surface area contributed by atoms with Crippen LogP contribution < -0.4 is 5.32 Å². The smallest absolute Gasteiger partial charge is 0.224 e. The first kappa shape index (κ1) is 13.9. The Hall–Kier alpha value is -1.06. The SMILES string of the molecule is CC.CNC(=O)C1CCCN(C(C)=O)C1. The van der Waals surface area contributed by atoms with Crippen LogP contribution in [0, 0.1) is 5.92 Å². The Morgan fingerprint density at radius 3 is 2.40 bits per heavy atom. The number of carbonyl (C=O) groups is 2. The van der Waals surface area contributed by atoms with Gasteiger partial charge in [-0.3, -0.25) is 9.59 Å². The second-order valence-electron chi connectivity index (χ2n) is 3.42. The molecule has 0 aliphatic carbocycles. The van der Waals surface area contributed by atoms with Gasteiger partial charge < -0.3 is 10.2 Å². The van der Waals surface area contributed by atoms with Gasteiger partial charge in [-0.1, -0.05) is 13.8 Å². The molecule has 1 saturated heterocycles. The molecule has 0 radical (unpaired) electrons. The number of nitrogens with zero attached hydrogens (tertiary/aromatic N) is 1. The van der Waals surface area contributed by atoms with Gasteiger partial charge >= 0.3 is 0 Å². The Morgan fingerprint density at radius 2 is 1.93 bits per heavy atom. The summed E-state index contributed by atoms with van der Waals surface area (Å²) >= 11 is 0. The van der Waals surface area contributed by atoms with Crippen LogP contribution in [-0.2, 0) is 9.59 Å². The van der Waals surface area contributed by atoms with E-state index in [0.29, 0.717) is 6.54 Å². The van der Waals surface area contributed by atoms with Gasteiger partial charge in [-0.2, -0.15) is 0 Å². The lowest BCUT2D eigenvalue weighted by Crippen LogP contribution is -2.43. The minimum atomic E-state index is -0.0114. The lowest BCUT2D eigenvalue weighted by Gasteiger charge is -2.30. The van der Waals surface area contributed by atoms with E-state index in [1.807, 2.05) is 13.8 Å². The summed E-state index contributed by atoms with van der Waals surface area (Å²) in [6.45, 7) is 6.92. The summed E-state index contributed by atoms with van der Waals surface area (Å²) in [7, 11) is 1.63. The van der Waals surface area contributed by atoms with Crippen LogP contribution in [0.3, 0.4) is 0 Å². The average molecular weight is 214 g/mol. The Morgan fingerprint density at radius 1 is 1.33 bits per heavy atom. The second-order valence-corrected chi connectivity index (χ2v) is 3.42. The van der Waals surface area contributed by atoms with Crippen LogP contribution in [0.4, 0.5) is 0 Å². The number of nitrogens with one attached hydrogen (secondary N) is 1. The van der Waals surface area contributed by atoms with Crippen LogP contribution in [0.25, 0.3) is 0 Å². The first-order chi connectivity index (χ1) is 7.15. The highest BCUT2D eigenvalue weighted by Gasteiger charge is 2.25. The van der Waals surface area contributed by atoms with Crippen LogP contribution in [0.2, 0.25) is 0 Å². The summed E-state index contributed by atoms with van der Waals surface area (Å²) < 4.78 is 0. The number of hydrogen-bond acceptors (Lipinski definition) is 2. The van der Waals surface area contributed by atoms with E-state index in [4.69, 9.17) is 0 Å². The monoisotopic (exact) mass is 214 g/mol. The molecule has 4 nitrogen and oxygen atoms in total. The van der Waals surface area contributed by atoms with E-state index in [1.165, 1.54) is 0 Å². The van der Waals surface area contributed by atoms with Crippen molar-refractivity contribution < 1.29 is 9.59 Å². The van der Waals surface area contributed by atoms with Crippen molar-refractivity contribution in [2.24, 2.45) is 5.92 Å². The van der Waals surface area contributed by atoms with Crippen LogP contribution >= 0.6 is 0 Å². The standard InChI is InChI=1S/C9H16N2O2.C2H6/c1-7(12)11-5-3-4-8(6-11)9(13)10-2;1-2/h8H,3-6H2,1-2H3,(H,10,13);1-2H3. The van der Waals surface area contributed by atoms with Crippen molar-refractivity contribution in [2.75, 3.05) is 20.1 Å². The zero-order valence-corrected chi connectivity index (χ0v) is 10.2. The fraction of sp³-hybridized carbons (Fsp3) is 0.818. The summed E-state index contributed by atoms with van der Waals surface area (Å²) in [5, 5.41) is 2.62. The third kappa shape index (κ3) is 4.32. The third-order valence-electron chi connectivity index (χ3n) is 2.48. The van der Waals surface area contributed by atoms with Gasteiger partial charge in [-0.15, -0.1) is 0 Å². The molecule has 1 fully saturated rings. The predicted octanol–water partition coefficient (Wildman–Crippen LogP) is 1.02. The molecule has 88 valence electrons. The molecule has 1 N–H and O–H groups in total. The van der Waals surface area contributed by atoms with Crippen LogP contribution in [0.15, 0.2) is 0 Å². The van der Waals surface area contributed by atoms with Gasteiger partial charge in [0.25, 0.3) is 0 Å². The highest BCUT2D eigenvalue weighted by molar-refractivity contribution is 5.80. The number of amides is 2. The van der Waals surface area contributed by atoms with Crippen LogP contribution in [0.5, 0.6) is 0 Å². The van der Waals surface area contributed by atoms with E-state index in [9.17, 15) is 9.59 Å². The van der Waals surface area contributed by atoms with E-state index in [2.05, 4.69) is 5.32 Å². The minimum absolute atomic E-state index is 0.0114. The number of likely N-dealkylation sites (tertiary alicyclic amines) is 1. The summed E-state index contributed by atoms with van der Waals surface area (Å²) in [5.74, 6) is 0.0993. The normalized spacial score (nSPS) is 20.0. The zero-order valence-electron chi connectivity index (χ0n) is 10.2. The van der Waals surface area contributed by atoms with Gasteiger partial charge in [-0.05, 0) is 12.8 Å². The lowest BCUT2D eigenvalue weighted by atomic mass is 9.97. The number of piperidine rings is 1. The molecule has 1 aliphatic rings. The topological polar surface area (TPSA) is 49.4 Å². The van der Waals surface area contributed by atoms with Crippen molar-refractivity contribution >= 4 is 11.8 Å². The van der Waals surface area contributed by atoms with Crippen molar-refractivity contribution in [3.63, 3.8) is 0 Å². The van der Waals surface area contributed by atoms with Crippen molar-refractivity contribution in [1.29, 1.82) is 0 Å². The van der Waals surface area contributed by atoms with E-state index in [-0.39, 0.29) is 17.7 Å². The molecule has 0 aromatic heterocycles. The molecule has 0 aromatic rings. The largest absolute Gasteiger partial charge is 0.359 e. The van der Waals surface area contributed by atoms with Crippen molar-refractivity contribution in [2.45, 2.75) is 33.6 Å². The lowest BCUT2D eigenvalue weighted by molar-refractivity contribution is -0.133. The molecule has 0 bridgehead atoms. The molecule has 0 saturated carbocycles. The van der Waals surface area contributed by atoms with Crippen LogP contribution in [-0.4, -0.2) is 36.9 Å². The molecule has 4 heteroatoms. The predicted molar refractivity (Wildman–Crippen MR) is 60.4 cm³/mol. The molecule has 1 unspecified atom stereocenters. The highest BCUT2D eigenvalue weighted by Crippen LogP contribution is 2.16. The maximum atomic E-state index is 11.3. The zero-order chi connectivity index (χ0) is 11.8. The quantitative estimate of drug-likeness (QED) is 0.708. The van der Waals surface area contributed by atoms with Gasteiger partial charge in [0.05, 0.1) is 5.92 Å². The molecule has 1 rings (SSSR count). The maximum absolute atomic E-state index is 11.3. The maximum Gasteiger partial charge on any atom is 0.224 e. The Kier molecular flexibility index (Phi) is 6.75. The van der Waals surface area contributed by atoms with Gasteiger partial charge in [0, 0.05) is 27.1 Å². The first-order valence-electron chi connectivity index (χ1n) is 5.62. The third-order valence-corrected chi connectivity index (χ3v) is 2.48. The Bertz CT molecular complexity index is 217. The number of hydrogen-bond donors (Lipinski definition) is 1. The van der Waals surface area contributed by atoms with Crippen molar-refractivity contribution in [3.05, 3.63) is 0 Å². The Labute approximate surface area is 92.0 Å². The molecular weight excluding hydrogens is 192 g/mol. The molecule has 1 atom stereocenters. The molecule has 1 heterocycles.